The van der Waals surface area contributed by atoms with E-state index in [1.54, 1.807) is 0 Å². The summed E-state index contributed by atoms with van der Waals surface area (Å²) >= 11 is 5.90. The fourth-order valence-electron chi connectivity index (χ4n) is 2.18. The molecular formula is C12H17ClN2O3S. The zero-order valence-electron chi connectivity index (χ0n) is 10.7. The van der Waals surface area contributed by atoms with E-state index < -0.39 is 10.0 Å². The van der Waals surface area contributed by atoms with Gasteiger partial charge in [-0.05, 0) is 31.7 Å². The molecular weight excluding hydrogens is 288 g/mol. The van der Waals surface area contributed by atoms with Gasteiger partial charge in [0.15, 0.2) is 0 Å². The molecule has 1 fully saturated rings. The Morgan fingerprint density at radius 3 is 2.79 bits per heavy atom. The molecule has 0 radical (unpaired) electrons. The predicted molar refractivity (Wildman–Crippen MR) is 72.6 cm³/mol. The second kappa shape index (κ2) is 6.17. The van der Waals surface area contributed by atoms with Crippen LogP contribution in [0.3, 0.4) is 0 Å². The first-order chi connectivity index (χ1) is 9.00. The van der Waals surface area contributed by atoms with Gasteiger partial charge in [-0.3, -0.25) is 4.98 Å². The van der Waals surface area contributed by atoms with Crippen LogP contribution in [0.25, 0.3) is 0 Å². The molecule has 1 aromatic heterocycles. The number of halogens is 1. The molecule has 7 heteroatoms. The van der Waals surface area contributed by atoms with Crippen molar-refractivity contribution in [2.75, 3.05) is 13.2 Å². The lowest BCUT2D eigenvalue weighted by Crippen LogP contribution is -2.40. The number of hydrogen-bond acceptors (Lipinski definition) is 4. The number of rotatable bonds is 4. The van der Waals surface area contributed by atoms with Crippen molar-refractivity contribution in [3.05, 3.63) is 23.5 Å². The van der Waals surface area contributed by atoms with Crippen LogP contribution in [0.15, 0.2) is 23.4 Å². The van der Waals surface area contributed by atoms with Gasteiger partial charge in [-0.2, -0.15) is 0 Å². The van der Waals surface area contributed by atoms with Gasteiger partial charge in [0, 0.05) is 31.6 Å². The van der Waals surface area contributed by atoms with Gasteiger partial charge in [0.1, 0.15) is 4.90 Å². The number of pyridine rings is 1. The summed E-state index contributed by atoms with van der Waals surface area (Å²) in [5.41, 5.74) is 0. The van der Waals surface area contributed by atoms with Crippen molar-refractivity contribution in [1.29, 1.82) is 0 Å². The molecule has 1 aliphatic rings. The molecule has 0 saturated carbocycles. The van der Waals surface area contributed by atoms with Crippen molar-refractivity contribution in [2.24, 2.45) is 5.92 Å². The maximum Gasteiger partial charge on any atom is 0.243 e. The van der Waals surface area contributed by atoms with Crippen molar-refractivity contribution in [3.63, 3.8) is 0 Å². The molecule has 1 saturated heterocycles. The highest BCUT2D eigenvalue weighted by atomic mass is 35.5. The third-order valence-corrected chi connectivity index (χ3v) is 5.37. The van der Waals surface area contributed by atoms with Crippen molar-refractivity contribution in [1.82, 2.24) is 9.71 Å². The van der Waals surface area contributed by atoms with Gasteiger partial charge < -0.3 is 4.74 Å². The van der Waals surface area contributed by atoms with E-state index in [2.05, 4.69) is 9.71 Å². The smallest absolute Gasteiger partial charge is 0.243 e. The van der Waals surface area contributed by atoms with Gasteiger partial charge >= 0.3 is 0 Å². The number of aromatic nitrogens is 1. The largest absolute Gasteiger partial charge is 0.381 e. The monoisotopic (exact) mass is 304 g/mol. The summed E-state index contributed by atoms with van der Waals surface area (Å²) in [7, 11) is -3.62. The summed E-state index contributed by atoms with van der Waals surface area (Å²) in [5.74, 6) is 0.291. The molecule has 2 rings (SSSR count). The minimum Gasteiger partial charge on any atom is -0.381 e. The molecule has 2 heterocycles. The zero-order chi connectivity index (χ0) is 13.9. The van der Waals surface area contributed by atoms with Crippen LogP contribution in [0.4, 0.5) is 0 Å². The number of hydrogen-bond donors (Lipinski definition) is 1. The van der Waals surface area contributed by atoms with E-state index in [1.807, 2.05) is 6.92 Å². The fraction of sp³-hybridized carbons (Fsp3) is 0.583. The van der Waals surface area contributed by atoms with E-state index in [0.29, 0.717) is 19.1 Å². The standard InChI is InChI=1S/C12H17ClN2O3S/c1-9(10-3-6-18-7-4-10)15-19(16,17)12-8-14-5-2-11(12)13/h2,5,8-10,15H,3-4,6-7H2,1H3. The summed E-state index contributed by atoms with van der Waals surface area (Å²) in [4.78, 5) is 3.83. The molecule has 5 nitrogen and oxygen atoms in total. The Hall–Kier alpha value is -0.690. The lowest BCUT2D eigenvalue weighted by molar-refractivity contribution is 0.0585. The SMILES string of the molecule is CC(NS(=O)(=O)c1cnccc1Cl)C1CCOCC1. The minimum atomic E-state index is -3.62. The second-order valence-corrected chi connectivity index (χ2v) is 6.76. The molecule has 0 aliphatic carbocycles. The first-order valence-electron chi connectivity index (χ1n) is 6.20. The Balaban J connectivity index is 2.11. The van der Waals surface area contributed by atoms with Crippen LogP contribution in [-0.4, -0.2) is 32.7 Å². The first kappa shape index (κ1) is 14.7. The van der Waals surface area contributed by atoms with Gasteiger partial charge in [-0.1, -0.05) is 11.6 Å². The molecule has 1 aliphatic heterocycles. The van der Waals surface area contributed by atoms with Crippen molar-refractivity contribution < 1.29 is 13.2 Å². The van der Waals surface area contributed by atoms with E-state index in [-0.39, 0.29) is 16.0 Å². The topological polar surface area (TPSA) is 68.3 Å². The number of ether oxygens (including phenoxy) is 1. The van der Waals surface area contributed by atoms with Crippen LogP contribution in [0.5, 0.6) is 0 Å². The molecule has 0 aromatic carbocycles. The molecule has 0 bridgehead atoms. The van der Waals surface area contributed by atoms with Crippen LogP contribution >= 0.6 is 11.6 Å². The highest BCUT2D eigenvalue weighted by molar-refractivity contribution is 7.89. The third-order valence-electron chi connectivity index (χ3n) is 3.34. The molecule has 19 heavy (non-hydrogen) atoms. The molecule has 106 valence electrons. The van der Waals surface area contributed by atoms with Gasteiger partial charge in [0.2, 0.25) is 10.0 Å². The maximum absolute atomic E-state index is 12.2. The third kappa shape index (κ3) is 3.66. The molecule has 1 N–H and O–H groups in total. The predicted octanol–water partition coefficient (Wildman–Crippen LogP) is 1.83. The van der Waals surface area contributed by atoms with Crippen LogP contribution in [0, 0.1) is 5.92 Å². The van der Waals surface area contributed by atoms with E-state index in [0.717, 1.165) is 12.8 Å². The molecule has 1 aromatic rings. The average molecular weight is 305 g/mol. The van der Waals surface area contributed by atoms with Crippen LogP contribution in [-0.2, 0) is 14.8 Å². The quantitative estimate of drug-likeness (QED) is 0.921. The Labute approximate surface area is 118 Å². The normalized spacial score (nSPS) is 19.3. The molecule has 0 spiro atoms. The summed E-state index contributed by atoms with van der Waals surface area (Å²) in [6, 6.07) is 1.32. The average Bonchev–Trinajstić information content (AvgIpc) is 2.39. The number of nitrogens with zero attached hydrogens (tertiary/aromatic N) is 1. The Kier molecular flexibility index (Phi) is 4.78. The van der Waals surface area contributed by atoms with E-state index in [4.69, 9.17) is 16.3 Å². The Morgan fingerprint density at radius 1 is 1.47 bits per heavy atom. The Bertz CT molecular complexity index is 530. The minimum absolute atomic E-state index is 0.0237. The lowest BCUT2D eigenvalue weighted by Gasteiger charge is -2.28. The van der Waals surface area contributed by atoms with Gasteiger partial charge in [-0.15, -0.1) is 0 Å². The van der Waals surface area contributed by atoms with Gasteiger partial charge in [0.25, 0.3) is 0 Å². The Morgan fingerprint density at radius 2 is 2.16 bits per heavy atom. The zero-order valence-corrected chi connectivity index (χ0v) is 12.2. The highest BCUT2D eigenvalue weighted by Crippen LogP contribution is 2.23. The van der Waals surface area contributed by atoms with Crippen molar-refractivity contribution in [3.8, 4) is 0 Å². The molecule has 1 atom stereocenters. The summed E-state index contributed by atoms with van der Waals surface area (Å²) < 4.78 is 32.4. The van der Waals surface area contributed by atoms with Crippen LogP contribution in [0.2, 0.25) is 5.02 Å². The van der Waals surface area contributed by atoms with E-state index in [1.165, 1.54) is 18.5 Å². The van der Waals surface area contributed by atoms with Crippen LogP contribution < -0.4 is 4.72 Å². The van der Waals surface area contributed by atoms with Crippen LogP contribution in [0.1, 0.15) is 19.8 Å². The van der Waals surface area contributed by atoms with Crippen molar-refractivity contribution in [2.45, 2.75) is 30.7 Å². The number of sulfonamides is 1. The van der Waals surface area contributed by atoms with E-state index >= 15 is 0 Å². The summed E-state index contributed by atoms with van der Waals surface area (Å²) in [5, 5.41) is 0.182. The van der Waals surface area contributed by atoms with E-state index in [9.17, 15) is 8.42 Å². The summed E-state index contributed by atoms with van der Waals surface area (Å²) in [6.45, 7) is 3.24. The number of nitrogens with one attached hydrogen (secondary N) is 1. The summed E-state index contributed by atoms with van der Waals surface area (Å²) in [6.07, 6.45) is 4.46. The molecule has 1 unspecified atom stereocenters. The first-order valence-corrected chi connectivity index (χ1v) is 8.06. The second-order valence-electron chi connectivity index (χ2n) is 4.67. The lowest BCUT2D eigenvalue weighted by atomic mass is 9.94. The highest BCUT2D eigenvalue weighted by Gasteiger charge is 2.26. The van der Waals surface area contributed by atoms with Gasteiger partial charge in [-0.25, -0.2) is 13.1 Å². The molecule has 0 amide bonds. The van der Waals surface area contributed by atoms with Crippen molar-refractivity contribution >= 4 is 21.6 Å². The maximum atomic E-state index is 12.2. The van der Waals surface area contributed by atoms with Gasteiger partial charge in [0.05, 0.1) is 5.02 Å². The fourth-order valence-corrected chi connectivity index (χ4v) is 3.92.